The first-order chi connectivity index (χ1) is 11.0. The molecule has 0 aliphatic heterocycles. The Balaban J connectivity index is 1.89. The van der Waals surface area contributed by atoms with Crippen molar-refractivity contribution in [1.29, 1.82) is 0 Å². The summed E-state index contributed by atoms with van der Waals surface area (Å²) in [7, 11) is 1.79. The molecule has 23 heavy (non-hydrogen) atoms. The third-order valence-electron chi connectivity index (χ3n) is 3.86. The molecule has 2 amide bonds. The lowest BCUT2D eigenvalue weighted by Gasteiger charge is -2.25. The molecule has 0 spiro atoms. The first-order valence-electron chi connectivity index (χ1n) is 7.48. The summed E-state index contributed by atoms with van der Waals surface area (Å²) in [4.78, 5) is 14.0. The van der Waals surface area contributed by atoms with Gasteiger partial charge in [-0.2, -0.15) is 0 Å². The fourth-order valence-electron chi connectivity index (χ4n) is 2.30. The molecule has 0 bridgehead atoms. The SMILES string of the molecule is CC(c1cccc(Cl)c1)N(C)C(=O)NCCc1ccccc1Br. The van der Waals surface area contributed by atoms with Gasteiger partial charge in [-0.25, -0.2) is 4.79 Å². The van der Waals surface area contributed by atoms with E-state index in [4.69, 9.17) is 11.6 Å². The van der Waals surface area contributed by atoms with Gasteiger partial charge in [0.05, 0.1) is 6.04 Å². The molecule has 1 N–H and O–H groups in total. The first kappa shape index (κ1) is 17.8. The van der Waals surface area contributed by atoms with Crippen LogP contribution in [0.1, 0.15) is 24.1 Å². The van der Waals surface area contributed by atoms with E-state index < -0.39 is 0 Å². The number of hydrogen-bond donors (Lipinski definition) is 1. The Morgan fingerprint density at radius 3 is 2.70 bits per heavy atom. The van der Waals surface area contributed by atoms with Crippen molar-refractivity contribution in [2.45, 2.75) is 19.4 Å². The molecule has 0 aliphatic carbocycles. The predicted octanol–water partition coefficient (Wildman–Crippen LogP) is 5.05. The van der Waals surface area contributed by atoms with Gasteiger partial charge >= 0.3 is 6.03 Å². The van der Waals surface area contributed by atoms with E-state index in [9.17, 15) is 4.79 Å². The van der Waals surface area contributed by atoms with Crippen molar-refractivity contribution in [2.75, 3.05) is 13.6 Å². The molecule has 0 saturated carbocycles. The van der Waals surface area contributed by atoms with E-state index in [1.54, 1.807) is 11.9 Å². The van der Waals surface area contributed by atoms with Crippen molar-refractivity contribution in [1.82, 2.24) is 10.2 Å². The number of urea groups is 1. The summed E-state index contributed by atoms with van der Waals surface area (Å²) in [6.07, 6.45) is 0.784. The van der Waals surface area contributed by atoms with E-state index >= 15 is 0 Å². The van der Waals surface area contributed by atoms with Crippen LogP contribution in [-0.2, 0) is 6.42 Å². The smallest absolute Gasteiger partial charge is 0.317 e. The topological polar surface area (TPSA) is 32.3 Å². The van der Waals surface area contributed by atoms with Gasteiger partial charge in [0, 0.05) is 23.1 Å². The zero-order valence-corrected chi connectivity index (χ0v) is 15.6. The molecule has 3 nitrogen and oxygen atoms in total. The second-order valence-electron chi connectivity index (χ2n) is 5.42. The minimum atomic E-state index is -0.0930. The Labute approximate surface area is 150 Å². The highest BCUT2D eigenvalue weighted by molar-refractivity contribution is 9.10. The number of carbonyl (C=O) groups is 1. The van der Waals surface area contributed by atoms with Crippen LogP contribution in [0.15, 0.2) is 53.0 Å². The number of hydrogen-bond acceptors (Lipinski definition) is 1. The lowest BCUT2D eigenvalue weighted by molar-refractivity contribution is 0.194. The van der Waals surface area contributed by atoms with E-state index in [1.165, 1.54) is 5.56 Å². The summed E-state index contributed by atoms with van der Waals surface area (Å²) in [6, 6.07) is 15.5. The zero-order chi connectivity index (χ0) is 16.8. The zero-order valence-electron chi connectivity index (χ0n) is 13.2. The fourth-order valence-corrected chi connectivity index (χ4v) is 2.98. The minimum absolute atomic E-state index is 0.0443. The quantitative estimate of drug-likeness (QED) is 0.755. The molecular weight excluding hydrogens is 376 g/mol. The fraction of sp³-hybridized carbons (Fsp3) is 0.278. The van der Waals surface area contributed by atoms with Gasteiger partial charge in [0.25, 0.3) is 0 Å². The predicted molar refractivity (Wildman–Crippen MR) is 98.9 cm³/mol. The van der Waals surface area contributed by atoms with Crippen molar-refractivity contribution in [3.63, 3.8) is 0 Å². The third-order valence-corrected chi connectivity index (χ3v) is 4.87. The van der Waals surface area contributed by atoms with Crippen LogP contribution >= 0.6 is 27.5 Å². The highest BCUT2D eigenvalue weighted by atomic mass is 79.9. The van der Waals surface area contributed by atoms with E-state index in [2.05, 4.69) is 27.3 Å². The number of rotatable bonds is 5. The van der Waals surface area contributed by atoms with Crippen LogP contribution in [0.4, 0.5) is 4.79 Å². The number of benzene rings is 2. The van der Waals surface area contributed by atoms with Crippen molar-refractivity contribution < 1.29 is 4.79 Å². The molecule has 0 fully saturated rings. The van der Waals surface area contributed by atoms with Gasteiger partial charge in [0.15, 0.2) is 0 Å². The van der Waals surface area contributed by atoms with Gasteiger partial charge in [-0.1, -0.05) is 57.9 Å². The maximum Gasteiger partial charge on any atom is 0.317 e. The average molecular weight is 396 g/mol. The Bertz CT molecular complexity index is 678. The van der Waals surface area contributed by atoms with Crippen LogP contribution in [0.2, 0.25) is 5.02 Å². The molecule has 5 heteroatoms. The number of amides is 2. The van der Waals surface area contributed by atoms with E-state index in [0.717, 1.165) is 16.5 Å². The normalized spacial score (nSPS) is 11.8. The minimum Gasteiger partial charge on any atom is -0.338 e. The summed E-state index contributed by atoms with van der Waals surface area (Å²) in [5.41, 5.74) is 2.19. The largest absolute Gasteiger partial charge is 0.338 e. The van der Waals surface area contributed by atoms with E-state index in [0.29, 0.717) is 11.6 Å². The second kappa shape index (κ2) is 8.37. The molecule has 0 aliphatic rings. The summed E-state index contributed by atoms with van der Waals surface area (Å²) in [5, 5.41) is 3.63. The standard InChI is InChI=1S/C18H20BrClN2O/c1-13(15-7-5-8-16(20)12-15)22(2)18(23)21-11-10-14-6-3-4-9-17(14)19/h3-9,12-13H,10-11H2,1-2H3,(H,21,23). The lowest BCUT2D eigenvalue weighted by Crippen LogP contribution is -2.39. The number of nitrogens with one attached hydrogen (secondary N) is 1. The van der Waals surface area contributed by atoms with Crippen molar-refractivity contribution in [3.05, 3.63) is 69.2 Å². The summed E-state index contributed by atoms with van der Waals surface area (Å²) in [5.74, 6) is 0. The molecule has 0 heterocycles. The molecule has 2 aromatic rings. The maximum absolute atomic E-state index is 12.3. The molecule has 0 radical (unpaired) electrons. The van der Waals surface area contributed by atoms with Crippen molar-refractivity contribution in [2.24, 2.45) is 0 Å². The summed E-state index contributed by atoms with van der Waals surface area (Å²) >= 11 is 9.53. The van der Waals surface area contributed by atoms with Crippen LogP contribution in [0.25, 0.3) is 0 Å². The Morgan fingerprint density at radius 2 is 2.00 bits per heavy atom. The van der Waals surface area contributed by atoms with Crippen molar-refractivity contribution in [3.8, 4) is 0 Å². The van der Waals surface area contributed by atoms with E-state index in [1.807, 2.05) is 49.4 Å². The molecule has 122 valence electrons. The van der Waals surface area contributed by atoms with Crippen LogP contribution < -0.4 is 5.32 Å². The van der Waals surface area contributed by atoms with Gasteiger partial charge in [-0.3, -0.25) is 0 Å². The number of nitrogens with zero attached hydrogens (tertiary/aromatic N) is 1. The average Bonchev–Trinajstić information content (AvgIpc) is 2.55. The summed E-state index contributed by atoms with van der Waals surface area (Å²) in [6.45, 7) is 2.58. The van der Waals surface area contributed by atoms with Crippen LogP contribution in [0.5, 0.6) is 0 Å². The van der Waals surface area contributed by atoms with Crippen LogP contribution in [0, 0.1) is 0 Å². The van der Waals surface area contributed by atoms with Crippen molar-refractivity contribution >= 4 is 33.6 Å². The molecule has 2 rings (SSSR count). The third kappa shape index (κ3) is 4.98. The Hall–Kier alpha value is -1.52. The Kier molecular flexibility index (Phi) is 6.48. The molecule has 1 atom stereocenters. The van der Waals surface area contributed by atoms with Crippen LogP contribution in [-0.4, -0.2) is 24.5 Å². The number of carbonyl (C=O) groups excluding carboxylic acids is 1. The molecule has 0 saturated heterocycles. The van der Waals surface area contributed by atoms with Gasteiger partial charge in [0.2, 0.25) is 0 Å². The van der Waals surface area contributed by atoms with E-state index in [-0.39, 0.29) is 12.1 Å². The van der Waals surface area contributed by atoms with Gasteiger partial charge in [-0.15, -0.1) is 0 Å². The van der Waals surface area contributed by atoms with Gasteiger partial charge in [-0.05, 0) is 42.7 Å². The Morgan fingerprint density at radius 1 is 1.26 bits per heavy atom. The molecule has 0 aromatic heterocycles. The first-order valence-corrected chi connectivity index (χ1v) is 8.65. The molecule has 2 aromatic carbocycles. The van der Waals surface area contributed by atoms with Gasteiger partial charge < -0.3 is 10.2 Å². The highest BCUT2D eigenvalue weighted by Crippen LogP contribution is 2.22. The second-order valence-corrected chi connectivity index (χ2v) is 6.71. The maximum atomic E-state index is 12.3. The summed E-state index contributed by atoms with van der Waals surface area (Å²) < 4.78 is 1.06. The highest BCUT2D eigenvalue weighted by Gasteiger charge is 2.17. The van der Waals surface area contributed by atoms with Gasteiger partial charge in [0.1, 0.15) is 0 Å². The van der Waals surface area contributed by atoms with Crippen LogP contribution in [0.3, 0.4) is 0 Å². The molecular formula is C18H20BrClN2O. The molecule has 1 unspecified atom stereocenters. The lowest BCUT2D eigenvalue weighted by atomic mass is 10.1. The number of halogens is 2. The monoisotopic (exact) mass is 394 g/mol.